The van der Waals surface area contributed by atoms with E-state index in [2.05, 4.69) is 20.0 Å². The van der Waals surface area contributed by atoms with Gasteiger partial charge in [0, 0.05) is 30.9 Å². The van der Waals surface area contributed by atoms with Gasteiger partial charge in [-0.05, 0) is 14.0 Å². The molecule has 0 fully saturated rings. The highest BCUT2D eigenvalue weighted by atomic mass is 32.2. The fourth-order valence-electron chi connectivity index (χ4n) is 1.87. The number of imidazole rings is 1. The van der Waals surface area contributed by atoms with Crippen molar-refractivity contribution >= 4 is 10.0 Å². The molecule has 3 N–H and O–H groups in total. The number of hydrogen-bond donors (Lipinski definition) is 3. The van der Waals surface area contributed by atoms with Crippen LogP contribution in [0.1, 0.15) is 17.2 Å². The Labute approximate surface area is 117 Å². The van der Waals surface area contributed by atoms with Crippen LogP contribution in [0, 0.1) is 6.92 Å². The van der Waals surface area contributed by atoms with E-state index in [-0.39, 0.29) is 4.90 Å². The standard InChI is InChI=1S/C12H18N4O3S/c1-9-12(5-11(19-9)7-13-2)20(17,18)16-4-3-10-6-14-8-15-10/h5-6,8,13,16H,3-4,7H2,1-2H3,(H,14,15). The lowest BCUT2D eigenvalue weighted by Gasteiger charge is -2.04. The van der Waals surface area contributed by atoms with Crippen LogP contribution < -0.4 is 10.0 Å². The van der Waals surface area contributed by atoms with Gasteiger partial charge in [0.05, 0.1) is 12.9 Å². The molecule has 0 aromatic carbocycles. The van der Waals surface area contributed by atoms with Crippen LogP contribution in [0.25, 0.3) is 0 Å². The van der Waals surface area contributed by atoms with Gasteiger partial charge in [0.2, 0.25) is 10.0 Å². The zero-order valence-corrected chi connectivity index (χ0v) is 12.3. The van der Waals surface area contributed by atoms with E-state index in [9.17, 15) is 8.42 Å². The third-order valence-corrected chi connectivity index (χ3v) is 4.37. The number of aryl methyl sites for hydroxylation is 1. The van der Waals surface area contributed by atoms with Crippen LogP contribution in [0.3, 0.4) is 0 Å². The summed E-state index contributed by atoms with van der Waals surface area (Å²) < 4.78 is 32.3. The van der Waals surface area contributed by atoms with Crippen molar-refractivity contribution in [1.29, 1.82) is 0 Å². The first-order chi connectivity index (χ1) is 9.53. The maximum atomic E-state index is 12.2. The Hall–Kier alpha value is -1.64. The van der Waals surface area contributed by atoms with Crippen molar-refractivity contribution in [2.45, 2.75) is 24.8 Å². The lowest BCUT2D eigenvalue weighted by molar-refractivity contribution is 0.465. The molecule has 0 saturated carbocycles. The van der Waals surface area contributed by atoms with Gasteiger partial charge in [-0.2, -0.15) is 0 Å². The van der Waals surface area contributed by atoms with Crippen LogP contribution in [0.4, 0.5) is 0 Å². The molecule has 2 aromatic heterocycles. The Kier molecular flexibility index (Phi) is 4.58. The number of aromatic amines is 1. The largest absolute Gasteiger partial charge is 0.464 e. The van der Waals surface area contributed by atoms with Crippen molar-refractivity contribution in [1.82, 2.24) is 20.0 Å². The summed E-state index contributed by atoms with van der Waals surface area (Å²) in [5.74, 6) is 0.989. The van der Waals surface area contributed by atoms with E-state index in [1.165, 1.54) is 0 Å². The molecular formula is C12H18N4O3S. The van der Waals surface area contributed by atoms with Gasteiger partial charge < -0.3 is 14.7 Å². The molecule has 0 aliphatic carbocycles. The minimum absolute atomic E-state index is 0.187. The number of hydrogen-bond acceptors (Lipinski definition) is 5. The molecule has 0 spiro atoms. The van der Waals surface area contributed by atoms with E-state index >= 15 is 0 Å². The second-order valence-electron chi connectivity index (χ2n) is 4.39. The molecule has 0 saturated heterocycles. The van der Waals surface area contributed by atoms with Crippen molar-refractivity contribution in [3.05, 3.63) is 35.8 Å². The highest BCUT2D eigenvalue weighted by molar-refractivity contribution is 7.89. The molecule has 0 unspecified atom stereocenters. The summed E-state index contributed by atoms with van der Waals surface area (Å²) in [6.07, 6.45) is 3.79. The summed E-state index contributed by atoms with van der Waals surface area (Å²) in [7, 11) is -1.77. The van der Waals surface area contributed by atoms with Gasteiger partial charge in [0.15, 0.2) is 0 Å². The average molecular weight is 298 g/mol. The second-order valence-corrected chi connectivity index (χ2v) is 6.12. The molecule has 0 aliphatic rings. The SMILES string of the molecule is CNCc1cc(S(=O)(=O)NCCc2cnc[nH]2)c(C)o1. The Bertz CT molecular complexity index is 646. The Morgan fingerprint density at radius 2 is 2.25 bits per heavy atom. The number of nitrogens with one attached hydrogen (secondary N) is 3. The zero-order chi connectivity index (χ0) is 14.6. The summed E-state index contributed by atoms with van der Waals surface area (Å²) in [5, 5.41) is 2.92. The molecule has 2 heterocycles. The van der Waals surface area contributed by atoms with Crippen LogP contribution in [0.15, 0.2) is 27.9 Å². The Morgan fingerprint density at radius 1 is 1.45 bits per heavy atom. The summed E-state index contributed by atoms with van der Waals surface area (Å²) in [5.41, 5.74) is 0.882. The molecular weight excluding hydrogens is 280 g/mol. The smallest absolute Gasteiger partial charge is 0.244 e. The number of furan rings is 1. The van der Waals surface area contributed by atoms with E-state index in [1.54, 1.807) is 32.6 Å². The van der Waals surface area contributed by atoms with Crippen molar-refractivity contribution in [3.8, 4) is 0 Å². The number of rotatable bonds is 7. The molecule has 0 radical (unpaired) electrons. The number of aromatic nitrogens is 2. The first kappa shape index (κ1) is 14.8. The molecule has 2 rings (SSSR count). The van der Waals surface area contributed by atoms with E-state index < -0.39 is 10.0 Å². The lowest BCUT2D eigenvalue weighted by atomic mass is 10.3. The molecule has 7 nitrogen and oxygen atoms in total. The van der Waals surface area contributed by atoms with E-state index in [4.69, 9.17) is 4.42 Å². The molecule has 0 amide bonds. The fraction of sp³-hybridized carbons (Fsp3) is 0.417. The van der Waals surface area contributed by atoms with Gasteiger partial charge in [-0.25, -0.2) is 18.1 Å². The molecule has 0 bridgehead atoms. The molecule has 0 atom stereocenters. The highest BCUT2D eigenvalue weighted by Gasteiger charge is 2.20. The lowest BCUT2D eigenvalue weighted by Crippen LogP contribution is -2.26. The number of nitrogens with zero attached hydrogens (tertiary/aromatic N) is 1. The summed E-state index contributed by atoms with van der Waals surface area (Å²) in [6, 6.07) is 1.55. The summed E-state index contributed by atoms with van der Waals surface area (Å²) >= 11 is 0. The Balaban J connectivity index is 2.02. The molecule has 8 heteroatoms. The first-order valence-corrected chi connectivity index (χ1v) is 7.72. The molecule has 110 valence electrons. The number of sulfonamides is 1. The summed E-state index contributed by atoms with van der Waals surface area (Å²) in [4.78, 5) is 6.99. The van der Waals surface area contributed by atoms with E-state index in [1.807, 2.05) is 0 Å². The van der Waals surface area contributed by atoms with Crippen LogP contribution >= 0.6 is 0 Å². The zero-order valence-electron chi connectivity index (χ0n) is 11.4. The second kappa shape index (κ2) is 6.21. The third-order valence-electron chi connectivity index (χ3n) is 2.81. The Morgan fingerprint density at radius 3 is 2.90 bits per heavy atom. The fourth-order valence-corrected chi connectivity index (χ4v) is 3.10. The van der Waals surface area contributed by atoms with Crippen molar-refractivity contribution in [3.63, 3.8) is 0 Å². The van der Waals surface area contributed by atoms with Crippen LogP contribution in [0.5, 0.6) is 0 Å². The van der Waals surface area contributed by atoms with Gasteiger partial charge in [-0.15, -0.1) is 0 Å². The van der Waals surface area contributed by atoms with Crippen LogP contribution in [-0.4, -0.2) is 32.0 Å². The average Bonchev–Trinajstić information content (AvgIpc) is 2.99. The highest BCUT2D eigenvalue weighted by Crippen LogP contribution is 2.19. The molecule has 20 heavy (non-hydrogen) atoms. The van der Waals surface area contributed by atoms with Gasteiger partial charge in [0.25, 0.3) is 0 Å². The van der Waals surface area contributed by atoms with Crippen molar-refractivity contribution < 1.29 is 12.8 Å². The number of H-pyrrole nitrogens is 1. The molecule has 0 aliphatic heterocycles. The maximum Gasteiger partial charge on any atom is 0.244 e. The quantitative estimate of drug-likeness (QED) is 0.693. The van der Waals surface area contributed by atoms with Gasteiger partial charge in [0.1, 0.15) is 16.4 Å². The predicted molar refractivity (Wildman–Crippen MR) is 73.7 cm³/mol. The minimum Gasteiger partial charge on any atom is -0.464 e. The maximum absolute atomic E-state index is 12.2. The predicted octanol–water partition coefficient (Wildman–Crippen LogP) is 0.552. The van der Waals surface area contributed by atoms with Gasteiger partial charge >= 0.3 is 0 Å². The topological polar surface area (TPSA) is 100 Å². The van der Waals surface area contributed by atoms with Crippen LogP contribution in [-0.2, 0) is 23.0 Å². The normalized spacial score (nSPS) is 11.9. The summed E-state index contributed by atoms with van der Waals surface area (Å²) in [6.45, 7) is 2.43. The van der Waals surface area contributed by atoms with Gasteiger partial charge in [-0.3, -0.25) is 0 Å². The monoisotopic (exact) mass is 298 g/mol. The molecule has 2 aromatic rings. The van der Waals surface area contributed by atoms with Crippen molar-refractivity contribution in [2.75, 3.05) is 13.6 Å². The minimum atomic E-state index is -3.55. The van der Waals surface area contributed by atoms with Gasteiger partial charge in [-0.1, -0.05) is 0 Å². The first-order valence-electron chi connectivity index (χ1n) is 6.24. The van der Waals surface area contributed by atoms with Crippen LogP contribution in [0.2, 0.25) is 0 Å². The third kappa shape index (κ3) is 3.47. The van der Waals surface area contributed by atoms with E-state index in [0.717, 1.165) is 5.69 Å². The van der Waals surface area contributed by atoms with E-state index in [0.29, 0.717) is 31.0 Å². The van der Waals surface area contributed by atoms with Crippen molar-refractivity contribution in [2.24, 2.45) is 0 Å².